The molecule has 0 aliphatic rings. The van der Waals surface area contributed by atoms with Gasteiger partial charge in [-0.25, -0.2) is 6.42 Å². The Labute approximate surface area is 315 Å². The molecule has 2 aromatic rings. The minimum atomic E-state index is -0.333. The van der Waals surface area contributed by atoms with Gasteiger partial charge in [0.2, 0.25) is 5.91 Å². The van der Waals surface area contributed by atoms with Gasteiger partial charge in [0.15, 0.2) is 5.78 Å². The van der Waals surface area contributed by atoms with Gasteiger partial charge >= 0.3 is 51.4 Å². The Bertz CT molecular complexity index is 999. The van der Waals surface area contributed by atoms with Crippen LogP contribution in [0.25, 0.3) is 5.57 Å². The molecule has 43 heavy (non-hydrogen) atoms. The Morgan fingerprint density at radius 3 is 1.95 bits per heavy atom. The monoisotopic (exact) mass is 679 g/mol. The van der Waals surface area contributed by atoms with Crippen molar-refractivity contribution in [2.45, 2.75) is 100 Å². The van der Waals surface area contributed by atoms with E-state index in [1.807, 2.05) is 51.3 Å². The zero-order valence-corrected chi connectivity index (χ0v) is 33.1. The SMILES string of the molecule is C/C=C(\[C-]=O)c1cc(C)cc(Br)c1.C=CC(=O)CCC.CC(N)=O.CCCC(CC)CC.[CH2-]Cc1ccccc1[CH-]C.[K+]. The molecule has 2 aromatic carbocycles. The van der Waals surface area contributed by atoms with Crippen molar-refractivity contribution in [3.05, 3.63) is 101 Å². The molecular weight excluding hydrogens is 625 g/mol. The van der Waals surface area contributed by atoms with Crippen LogP contribution in [0.5, 0.6) is 0 Å². The molecule has 0 unspecified atom stereocenters. The number of rotatable bonds is 11. The molecule has 0 aliphatic heterocycles. The third-order valence-corrected chi connectivity index (χ3v) is 6.42. The zero-order chi connectivity index (χ0) is 32.9. The summed E-state index contributed by atoms with van der Waals surface area (Å²) in [4.78, 5) is 30.1. The number of aryl methyl sites for hydroxylation is 1. The second-order valence-electron chi connectivity index (χ2n) is 9.56. The molecule has 4 nitrogen and oxygen atoms in total. The van der Waals surface area contributed by atoms with E-state index in [-0.39, 0.29) is 63.1 Å². The minimum Gasteiger partial charge on any atom is -0.376 e. The van der Waals surface area contributed by atoms with E-state index in [0.29, 0.717) is 12.0 Å². The first kappa shape index (κ1) is 48.6. The van der Waals surface area contributed by atoms with Crippen LogP contribution in [0.15, 0.2) is 65.7 Å². The van der Waals surface area contributed by atoms with Crippen molar-refractivity contribution in [2.75, 3.05) is 0 Å². The van der Waals surface area contributed by atoms with Crippen molar-refractivity contribution >= 4 is 39.5 Å². The number of benzene rings is 2. The third kappa shape index (κ3) is 29.2. The summed E-state index contributed by atoms with van der Waals surface area (Å²) in [6, 6.07) is 14.2. The van der Waals surface area contributed by atoms with Gasteiger partial charge < -0.3 is 17.5 Å². The smallest absolute Gasteiger partial charge is 0.376 e. The van der Waals surface area contributed by atoms with Gasteiger partial charge in [-0.05, 0) is 31.4 Å². The largest absolute Gasteiger partial charge is 1.00 e. The molecule has 0 aromatic heterocycles. The topological polar surface area (TPSA) is 77.2 Å². The molecule has 2 N–H and O–H groups in total. The standard InChI is InChI=1S/C11H10BrO.C10H12.C8H18.C6H10O.C2H5NO.K/c1-3-9(7-13)10-4-8(2)5-11(12)6-10;1-3-9-7-5-6-8-10(9)4-2;1-4-7-8(5-2)6-3;1-3-5-6(7)4-2;1-2(3)4;/h3-6H,1-2H3;4-8H,1,3H2,2H3;8H,4-7H2,1-3H3;4H,2-3,5H2,1H3;1H3,(H2,3,4);/q-1;-2;;;;+1/b9-3+;;;;;. The van der Waals surface area contributed by atoms with Gasteiger partial charge in [0.1, 0.15) is 0 Å². The number of hydrogen-bond donors (Lipinski definition) is 1. The molecule has 0 spiro atoms. The molecule has 2 rings (SSSR count). The first-order valence-corrected chi connectivity index (χ1v) is 15.6. The second kappa shape index (κ2) is 33.6. The van der Waals surface area contributed by atoms with Crippen molar-refractivity contribution in [2.24, 2.45) is 11.7 Å². The van der Waals surface area contributed by atoms with E-state index < -0.39 is 0 Å². The number of carbonyl (C=O) groups excluding carboxylic acids is 3. The normalized spacial score (nSPS) is 9.51. The molecule has 0 radical (unpaired) electrons. The molecule has 0 heterocycles. The average molecular weight is 681 g/mol. The summed E-state index contributed by atoms with van der Waals surface area (Å²) in [5.74, 6) is 0.808. The van der Waals surface area contributed by atoms with Crippen LogP contribution in [-0.2, 0) is 20.8 Å². The number of halogens is 1. The Morgan fingerprint density at radius 1 is 1.09 bits per heavy atom. The van der Waals surface area contributed by atoms with Crippen LogP contribution < -0.4 is 57.1 Å². The number of allylic oxidation sites excluding steroid dienone is 3. The van der Waals surface area contributed by atoms with Gasteiger partial charge in [-0.3, -0.25) is 9.59 Å². The number of carbonyl (C=O) groups is 2. The van der Waals surface area contributed by atoms with E-state index in [0.717, 1.165) is 34.4 Å². The molecule has 1 amide bonds. The molecule has 0 saturated carbocycles. The number of amides is 1. The van der Waals surface area contributed by atoms with Gasteiger partial charge in [-0.2, -0.15) is 29.7 Å². The van der Waals surface area contributed by atoms with Crippen LogP contribution in [0.3, 0.4) is 0 Å². The van der Waals surface area contributed by atoms with Crippen molar-refractivity contribution < 1.29 is 65.8 Å². The molecule has 236 valence electrons. The summed E-state index contributed by atoms with van der Waals surface area (Å²) < 4.78 is 0.983. The average Bonchev–Trinajstić information content (AvgIpc) is 2.96. The summed E-state index contributed by atoms with van der Waals surface area (Å²) in [5, 5.41) is 0. The summed E-state index contributed by atoms with van der Waals surface area (Å²) in [7, 11) is 0. The maximum absolute atomic E-state index is 10.6. The molecule has 0 bridgehead atoms. The van der Waals surface area contributed by atoms with Crippen LogP contribution in [0, 0.1) is 26.2 Å². The van der Waals surface area contributed by atoms with E-state index in [1.54, 1.807) is 6.08 Å². The van der Waals surface area contributed by atoms with Gasteiger partial charge in [0.25, 0.3) is 0 Å². The summed E-state index contributed by atoms with van der Waals surface area (Å²) in [5.41, 5.74) is 9.73. The van der Waals surface area contributed by atoms with Crippen molar-refractivity contribution in [3.8, 4) is 0 Å². The summed E-state index contributed by atoms with van der Waals surface area (Å²) in [6.45, 7) is 23.2. The molecule has 6 heteroatoms. The number of ketones is 1. The van der Waals surface area contributed by atoms with Crippen molar-refractivity contribution in [1.82, 2.24) is 0 Å². The Hall–Kier alpha value is -1.28. The molecule has 0 fully saturated rings. The van der Waals surface area contributed by atoms with Crippen LogP contribution in [0.1, 0.15) is 109 Å². The maximum atomic E-state index is 10.6. The van der Waals surface area contributed by atoms with E-state index in [9.17, 15) is 14.4 Å². The van der Waals surface area contributed by atoms with E-state index >= 15 is 0 Å². The predicted octanol–water partition coefficient (Wildman–Crippen LogP) is 7.17. The van der Waals surface area contributed by atoms with Crippen LogP contribution in [0.4, 0.5) is 0 Å². The minimum absolute atomic E-state index is 0. The predicted molar refractivity (Wildman–Crippen MR) is 187 cm³/mol. The van der Waals surface area contributed by atoms with E-state index in [4.69, 9.17) is 0 Å². The van der Waals surface area contributed by atoms with Crippen molar-refractivity contribution in [1.29, 1.82) is 0 Å². The maximum Gasteiger partial charge on any atom is 1.00 e. The quantitative estimate of drug-likeness (QED) is 0.155. The van der Waals surface area contributed by atoms with Gasteiger partial charge in [0, 0.05) is 17.8 Å². The van der Waals surface area contributed by atoms with Crippen molar-refractivity contribution in [3.63, 3.8) is 0 Å². The zero-order valence-electron chi connectivity index (χ0n) is 28.4. The van der Waals surface area contributed by atoms with E-state index in [2.05, 4.69) is 87.5 Å². The van der Waals surface area contributed by atoms with Crippen LogP contribution in [0.2, 0.25) is 0 Å². The Balaban J connectivity index is -0.000000230. The number of hydrogen-bond acceptors (Lipinski definition) is 3. The van der Waals surface area contributed by atoms with Gasteiger partial charge in [-0.15, -0.1) is 29.3 Å². The Morgan fingerprint density at radius 2 is 1.65 bits per heavy atom. The fourth-order valence-electron chi connectivity index (χ4n) is 3.67. The Kier molecular flexibility index (Phi) is 38.0. The summed E-state index contributed by atoms with van der Waals surface area (Å²) >= 11 is 3.38. The third-order valence-electron chi connectivity index (χ3n) is 5.96. The first-order valence-electron chi connectivity index (χ1n) is 14.8. The van der Waals surface area contributed by atoms with Gasteiger partial charge in [0.05, 0.1) is 6.29 Å². The molecule has 0 aliphatic carbocycles. The molecule has 0 atom stereocenters. The molecule has 0 saturated heterocycles. The second-order valence-corrected chi connectivity index (χ2v) is 10.5. The van der Waals surface area contributed by atoms with Crippen LogP contribution >= 0.6 is 15.9 Å². The van der Waals surface area contributed by atoms with Crippen LogP contribution in [-0.4, -0.2) is 18.0 Å². The van der Waals surface area contributed by atoms with Gasteiger partial charge in [-0.1, -0.05) is 107 Å². The first-order chi connectivity index (χ1) is 19.9. The fraction of sp³-hybridized carbons (Fsp3) is 0.432. The fourth-order valence-corrected chi connectivity index (χ4v) is 4.28. The number of nitrogens with two attached hydrogens (primary N) is 1. The van der Waals surface area contributed by atoms with E-state index in [1.165, 1.54) is 49.8 Å². The number of primary amides is 1. The summed E-state index contributed by atoms with van der Waals surface area (Å²) in [6.07, 6.45) is 15.1. The molecular formula is C37H55BrKNO3-2.